The van der Waals surface area contributed by atoms with E-state index in [0.717, 1.165) is 6.54 Å². The third-order valence-corrected chi connectivity index (χ3v) is 4.08. The van der Waals surface area contributed by atoms with E-state index in [1.807, 2.05) is 27.9 Å². The summed E-state index contributed by atoms with van der Waals surface area (Å²) in [5.74, 6) is 0.109. The number of carbonyl (C=O) groups excluding carboxylic acids is 2. The smallest absolute Gasteiger partial charge is 0.268 e. The maximum absolute atomic E-state index is 12.3. The van der Waals surface area contributed by atoms with Crippen LogP contribution in [0.3, 0.4) is 0 Å². The Labute approximate surface area is 153 Å². The SMILES string of the molecule is CC(CC(=O)NC[C@@H](C)NC(=O)c1cc2c(O)cccc2[nH]1)CN(C)C. The molecule has 7 heteroatoms. The number of phenols is 1. The lowest BCUT2D eigenvalue weighted by Crippen LogP contribution is -2.42. The molecule has 7 nitrogen and oxygen atoms in total. The summed E-state index contributed by atoms with van der Waals surface area (Å²) in [5.41, 5.74) is 1.07. The fraction of sp³-hybridized carbons (Fsp3) is 0.474. The molecule has 0 aliphatic carbocycles. The third-order valence-electron chi connectivity index (χ3n) is 4.08. The van der Waals surface area contributed by atoms with Crippen LogP contribution in [0.15, 0.2) is 24.3 Å². The number of nitrogens with zero attached hydrogens (tertiary/aromatic N) is 1. The number of carbonyl (C=O) groups is 2. The van der Waals surface area contributed by atoms with Crippen LogP contribution in [0.4, 0.5) is 0 Å². The Bertz CT molecular complexity index is 769. The third kappa shape index (κ3) is 5.49. The molecule has 4 N–H and O–H groups in total. The first kappa shape index (κ1) is 19.8. The van der Waals surface area contributed by atoms with Crippen molar-refractivity contribution in [2.75, 3.05) is 27.2 Å². The molecule has 1 unspecified atom stereocenters. The minimum absolute atomic E-state index is 0.0176. The zero-order valence-corrected chi connectivity index (χ0v) is 15.8. The van der Waals surface area contributed by atoms with Crippen molar-refractivity contribution in [3.05, 3.63) is 30.0 Å². The molecule has 1 heterocycles. The quantitative estimate of drug-likeness (QED) is 0.576. The van der Waals surface area contributed by atoms with E-state index in [4.69, 9.17) is 0 Å². The van der Waals surface area contributed by atoms with Crippen LogP contribution in [0, 0.1) is 5.92 Å². The van der Waals surface area contributed by atoms with Gasteiger partial charge in [-0.2, -0.15) is 0 Å². The van der Waals surface area contributed by atoms with Crippen LogP contribution >= 0.6 is 0 Å². The fourth-order valence-electron chi connectivity index (χ4n) is 2.96. The topological polar surface area (TPSA) is 97.5 Å². The average Bonchev–Trinajstić information content (AvgIpc) is 2.98. The highest BCUT2D eigenvalue weighted by Gasteiger charge is 2.15. The Morgan fingerprint density at radius 3 is 2.65 bits per heavy atom. The summed E-state index contributed by atoms with van der Waals surface area (Å²) < 4.78 is 0. The molecule has 1 aromatic carbocycles. The lowest BCUT2D eigenvalue weighted by atomic mass is 10.1. The van der Waals surface area contributed by atoms with Crippen LogP contribution in [0.5, 0.6) is 5.75 Å². The zero-order valence-electron chi connectivity index (χ0n) is 15.8. The van der Waals surface area contributed by atoms with Crippen molar-refractivity contribution in [3.63, 3.8) is 0 Å². The van der Waals surface area contributed by atoms with Crippen LogP contribution < -0.4 is 10.6 Å². The number of H-pyrrole nitrogens is 1. The highest BCUT2D eigenvalue weighted by Crippen LogP contribution is 2.24. The summed E-state index contributed by atoms with van der Waals surface area (Å²) >= 11 is 0. The van der Waals surface area contributed by atoms with Crippen molar-refractivity contribution >= 4 is 22.7 Å². The van der Waals surface area contributed by atoms with Gasteiger partial charge in [0.1, 0.15) is 11.4 Å². The number of phenolic OH excluding ortho intramolecular Hbond substituents is 1. The van der Waals surface area contributed by atoms with Crippen molar-refractivity contribution in [1.82, 2.24) is 20.5 Å². The van der Waals surface area contributed by atoms with Gasteiger partial charge in [0.05, 0.1) is 0 Å². The second kappa shape index (κ2) is 8.71. The van der Waals surface area contributed by atoms with Crippen LogP contribution in [0.2, 0.25) is 0 Å². The normalized spacial score (nSPS) is 13.6. The molecule has 142 valence electrons. The first-order valence-electron chi connectivity index (χ1n) is 8.79. The molecular formula is C19H28N4O3. The monoisotopic (exact) mass is 360 g/mol. The molecule has 2 atom stereocenters. The molecule has 2 amide bonds. The number of aromatic amines is 1. The first-order valence-corrected chi connectivity index (χ1v) is 8.79. The van der Waals surface area contributed by atoms with Crippen molar-refractivity contribution in [3.8, 4) is 5.75 Å². The summed E-state index contributed by atoms with van der Waals surface area (Å²) in [4.78, 5) is 29.4. The summed E-state index contributed by atoms with van der Waals surface area (Å²) in [6.07, 6.45) is 0.458. The molecule has 0 radical (unpaired) electrons. The largest absolute Gasteiger partial charge is 0.507 e. The molecule has 26 heavy (non-hydrogen) atoms. The predicted molar refractivity (Wildman–Crippen MR) is 102 cm³/mol. The van der Waals surface area contributed by atoms with Gasteiger partial charge in [-0.05, 0) is 45.1 Å². The van der Waals surface area contributed by atoms with Crippen LogP contribution in [-0.4, -0.2) is 60.0 Å². The number of benzene rings is 1. The van der Waals surface area contributed by atoms with Crippen molar-refractivity contribution in [2.24, 2.45) is 5.92 Å². The number of fused-ring (bicyclic) bond motifs is 1. The van der Waals surface area contributed by atoms with E-state index in [1.54, 1.807) is 24.3 Å². The van der Waals surface area contributed by atoms with Gasteiger partial charge in [0.15, 0.2) is 0 Å². The van der Waals surface area contributed by atoms with E-state index in [1.165, 1.54) is 0 Å². The van der Waals surface area contributed by atoms with Gasteiger partial charge >= 0.3 is 0 Å². The van der Waals surface area contributed by atoms with Gasteiger partial charge in [0.2, 0.25) is 5.91 Å². The van der Waals surface area contributed by atoms with E-state index in [9.17, 15) is 14.7 Å². The first-order chi connectivity index (χ1) is 12.3. The number of nitrogens with one attached hydrogen (secondary N) is 3. The molecule has 2 aromatic rings. The Balaban J connectivity index is 1.83. The maximum Gasteiger partial charge on any atom is 0.268 e. The Hall–Kier alpha value is -2.54. The highest BCUT2D eigenvalue weighted by atomic mass is 16.3. The lowest BCUT2D eigenvalue weighted by Gasteiger charge is -2.18. The van der Waals surface area contributed by atoms with E-state index < -0.39 is 0 Å². The molecule has 0 aliphatic heterocycles. The van der Waals surface area contributed by atoms with Crippen molar-refractivity contribution in [2.45, 2.75) is 26.3 Å². The summed E-state index contributed by atoms with van der Waals surface area (Å²) in [7, 11) is 3.96. The number of rotatable bonds is 8. The van der Waals surface area contributed by atoms with Gasteiger partial charge in [0, 0.05) is 36.5 Å². The van der Waals surface area contributed by atoms with Crippen LogP contribution in [0.25, 0.3) is 10.9 Å². The Morgan fingerprint density at radius 1 is 1.27 bits per heavy atom. The standard InChI is InChI=1S/C19H28N4O3/c1-12(11-23(3)4)8-18(25)20-10-13(2)21-19(26)16-9-14-15(22-16)6-5-7-17(14)24/h5-7,9,12-13,22,24H,8,10-11H2,1-4H3,(H,20,25)(H,21,26)/t12?,13-/m1/s1. The number of amides is 2. The zero-order chi connectivity index (χ0) is 19.3. The molecule has 0 spiro atoms. The van der Waals surface area contributed by atoms with Gasteiger partial charge in [-0.3, -0.25) is 9.59 Å². The summed E-state index contributed by atoms with van der Waals surface area (Å²) in [5, 5.41) is 16.1. The van der Waals surface area contributed by atoms with Gasteiger partial charge in [-0.25, -0.2) is 0 Å². The van der Waals surface area contributed by atoms with Gasteiger partial charge in [-0.15, -0.1) is 0 Å². The van der Waals surface area contributed by atoms with Crippen molar-refractivity contribution in [1.29, 1.82) is 0 Å². The number of hydrogen-bond acceptors (Lipinski definition) is 4. The average molecular weight is 360 g/mol. The van der Waals surface area contributed by atoms with E-state index in [2.05, 4.69) is 20.5 Å². The van der Waals surface area contributed by atoms with Gasteiger partial charge in [0.25, 0.3) is 5.91 Å². The molecule has 0 saturated heterocycles. The molecular weight excluding hydrogens is 332 g/mol. The minimum atomic E-state index is -0.275. The van der Waals surface area contributed by atoms with Crippen LogP contribution in [-0.2, 0) is 4.79 Å². The predicted octanol–water partition coefficient (Wildman–Crippen LogP) is 1.70. The number of hydrogen-bond donors (Lipinski definition) is 4. The van der Waals surface area contributed by atoms with Crippen molar-refractivity contribution < 1.29 is 14.7 Å². The molecule has 1 aromatic heterocycles. The molecule has 2 rings (SSSR count). The highest BCUT2D eigenvalue weighted by molar-refractivity contribution is 5.99. The molecule has 0 saturated carbocycles. The van der Waals surface area contributed by atoms with E-state index in [-0.39, 0.29) is 29.5 Å². The van der Waals surface area contributed by atoms with E-state index >= 15 is 0 Å². The minimum Gasteiger partial charge on any atom is -0.507 e. The lowest BCUT2D eigenvalue weighted by molar-refractivity contribution is -0.122. The second-order valence-electron chi connectivity index (χ2n) is 7.17. The van der Waals surface area contributed by atoms with Gasteiger partial charge < -0.3 is 25.6 Å². The molecule has 0 aliphatic rings. The molecule has 0 fully saturated rings. The second-order valence-corrected chi connectivity index (χ2v) is 7.17. The fourth-order valence-corrected chi connectivity index (χ4v) is 2.96. The van der Waals surface area contributed by atoms with E-state index in [0.29, 0.717) is 29.6 Å². The maximum atomic E-state index is 12.3. The molecule has 0 bridgehead atoms. The summed E-state index contributed by atoms with van der Waals surface area (Å²) in [6.45, 7) is 5.09. The number of aromatic hydroxyl groups is 1. The Morgan fingerprint density at radius 2 is 2.00 bits per heavy atom. The van der Waals surface area contributed by atoms with Gasteiger partial charge in [-0.1, -0.05) is 13.0 Å². The summed E-state index contributed by atoms with van der Waals surface area (Å²) in [6, 6.07) is 6.49. The van der Waals surface area contributed by atoms with Crippen LogP contribution in [0.1, 0.15) is 30.8 Å². The number of aromatic nitrogens is 1. The Kier molecular flexibility index (Phi) is 6.63.